The van der Waals surface area contributed by atoms with E-state index in [-0.39, 0.29) is 17.5 Å². The highest BCUT2D eigenvalue weighted by Gasteiger charge is 2.35. The van der Waals surface area contributed by atoms with Crippen molar-refractivity contribution in [2.24, 2.45) is 5.92 Å². The van der Waals surface area contributed by atoms with Gasteiger partial charge in [-0.15, -0.1) is 0 Å². The fraction of sp³-hybridized carbons (Fsp3) is 0.353. The van der Waals surface area contributed by atoms with Crippen LogP contribution < -0.4 is 0 Å². The van der Waals surface area contributed by atoms with E-state index in [0.29, 0.717) is 12.2 Å². The monoisotopic (exact) mass is 284 g/mol. The second-order valence-electron chi connectivity index (χ2n) is 5.95. The number of ketones is 1. The molecule has 0 radical (unpaired) electrons. The quantitative estimate of drug-likeness (QED) is 0.754. The highest BCUT2D eigenvalue weighted by Crippen LogP contribution is 2.35. The second-order valence-corrected chi connectivity index (χ2v) is 5.95. The normalized spacial score (nSPS) is 27.0. The Balaban J connectivity index is 1.95. The van der Waals surface area contributed by atoms with Crippen LogP contribution in [-0.2, 0) is 6.54 Å². The van der Waals surface area contributed by atoms with Gasteiger partial charge in [-0.2, -0.15) is 0 Å². The van der Waals surface area contributed by atoms with Crippen LogP contribution in [0, 0.1) is 11.7 Å². The van der Waals surface area contributed by atoms with Crippen LogP contribution in [0.1, 0.15) is 29.4 Å². The van der Waals surface area contributed by atoms with E-state index in [0.717, 1.165) is 36.0 Å². The zero-order valence-electron chi connectivity index (χ0n) is 11.9. The van der Waals surface area contributed by atoms with Gasteiger partial charge in [-0.05, 0) is 43.7 Å². The number of allylic oxidation sites excluding steroid dienone is 1. The van der Waals surface area contributed by atoms with Crippen molar-refractivity contribution in [1.29, 1.82) is 0 Å². The minimum atomic E-state index is -0.256. The van der Waals surface area contributed by atoms with Gasteiger partial charge in [0.05, 0.1) is 5.69 Å². The molecule has 1 saturated heterocycles. The summed E-state index contributed by atoms with van der Waals surface area (Å²) in [4.78, 5) is 18.4. The van der Waals surface area contributed by atoms with Crippen LogP contribution in [0.5, 0.6) is 0 Å². The van der Waals surface area contributed by atoms with Crippen LogP contribution in [0.4, 0.5) is 4.39 Å². The summed E-state index contributed by atoms with van der Waals surface area (Å²) in [6, 6.07) is 4.68. The van der Waals surface area contributed by atoms with E-state index in [1.54, 1.807) is 6.07 Å². The number of carbonyl (C=O) groups is 1. The van der Waals surface area contributed by atoms with Crippen molar-refractivity contribution in [1.82, 2.24) is 9.88 Å². The lowest BCUT2D eigenvalue weighted by molar-refractivity contribution is 0.0875. The summed E-state index contributed by atoms with van der Waals surface area (Å²) >= 11 is 0. The Hall–Kier alpha value is -1.94. The molecule has 1 unspecified atom stereocenters. The first kappa shape index (κ1) is 12.8. The number of carbonyl (C=O) groups excluding carboxylic acids is 1. The van der Waals surface area contributed by atoms with Crippen LogP contribution in [0.2, 0.25) is 0 Å². The SMILES string of the molecule is C/C=C1/CN2CC[C@H]1C(=O)c1[nH]c3ccc(F)cc3c1C2. The molecule has 5 rings (SSSR count). The van der Waals surface area contributed by atoms with E-state index in [1.165, 1.54) is 17.7 Å². The number of Topliss-reactive ketones (excluding diaryl/α,β-unsaturated/α-hetero) is 1. The summed E-state index contributed by atoms with van der Waals surface area (Å²) in [7, 11) is 0. The van der Waals surface area contributed by atoms with Crippen LogP contribution in [0.15, 0.2) is 29.8 Å². The fourth-order valence-corrected chi connectivity index (χ4v) is 3.66. The number of hydrogen-bond acceptors (Lipinski definition) is 2. The predicted octanol–water partition coefficient (Wildman–Crippen LogP) is 3.27. The Kier molecular flexibility index (Phi) is 2.76. The minimum absolute atomic E-state index is 0.0248. The highest BCUT2D eigenvalue weighted by molar-refractivity contribution is 6.05. The summed E-state index contributed by atoms with van der Waals surface area (Å²) in [5, 5.41) is 0.841. The van der Waals surface area contributed by atoms with E-state index in [9.17, 15) is 9.18 Å². The largest absolute Gasteiger partial charge is 0.352 e. The molecule has 108 valence electrons. The summed E-state index contributed by atoms with van der Waals surface area (Å²) in [6.07, 6.45) is 2.95. The van der Waals surface area contributed by atoms with Crippen molar-refractivity contribution in [2.75, 3.05) is 13.1 Å². The maximum atomic E-state index is 13.5. The molecule has 4 heterocycles. The Morgan fingerprint density at radius 3 is 3.05 bits per heavy atom. The molecule has 0 aliphatic carbocycles. The summed E-state index contributed by atoms with van der Waals surface area (Å²) in [5.74, 6) is -0.120. The number of rotatable bonds is 0. The standard InChI is InChI=1S/C17H17FN2O/c1-2-10-8-20-6-5-12(10)17(21)16-14(9-20)13-7-11(18)3-4-15(13)19-16/h2-4,7,12,19H,5-6,8-9H2,1H3/b10-2-/t12-/m1/s1. The average molecular weight is 284 g/mol. The zero-order chi connectivity index (χ0) is 14.6. The molecule has 1 aromatic carbocycles. The minimum Gasteiger partial charge on any atom is -0.352 e. The molecule has 0 saturated carbocycles. The fourth-order valence-electron chi connectivity index (χ4n) is 3.66. The Bertz CT molecular complexity index is 774. The van der Waals surface area contributed by atoms with Gasteiger partial charge in [0, 0.05) is 35.5 Å². The van der Waals surface area contributed by atoms with Crippen LogP contribution >= 0.6 is 0 Å². The molecular weight excluding hydrogens is 267 g/mol. The molecule has 3 nitrogen and oxygen atoms in total. The Morgan fingerprint density at radius 2 is 2.24 bits per heavy atom. The van der Waals surface area contributed by atoms with Crippen molar-refractivity contribution in [3.05, 3.63) is 46.9 Å². The van der Waals surface area contributed by atoms with Gasteiger partial charge in [0.1, 0.15) is 5.82 Å². The van der Waals surface area contributed by atoms with Crippen molar-refractivity contribution < 1.29 is 9.18 Å². The van der Waals surface area contributed by atoms with Crippen LogP contribution in [0.3, 0.4) is 0 Å². The molecule has 3 aliphatic rings. The molecule has 2 bridgehead atoms. The first-order chi connectivity index (χ1) is 10.2. The number of aromatic amines is 1. The molecule has 2 aromatic rings. The van der Waals surface area contributed by atoms with Crippen molar-refractivity contribution in [3.8, 4) is 0 Å². The molecule has 4 heteroatoms. The summed E-state index contributed by atoms with van der Waals surface area (Å²) in [5.41, 5.74) is 3.68. The highest BCUT2D eigenvalue weighted by atomic mass is 19.1. The zero-order valence-corrected chi connectivity index (χ0v) is 11.9. The van der Waals surface area contributed by atoms with Crippen molar-refractivity contribution in [2.45, 2.75) is 19.9 Å². The molecule has 21 heavy (non-hydrogen) atoms. The lowest BCUT2D eigenvalue weighted by Crippen LogP contribution is -2.40. The lowest BCUT2D eigenvalue weighted by atomic mass is 9.83. The number of piperidine rings is 1. The van der Waals surface area contributed by atoms with Gasteiger partial charge in [-0.3, -0.25) is 9.69 Å². The average Bonchev–Trinajstić information content (AvgIpc) is 2.82. The second kappa shape index (κ2) is 4.53. The molecule has 1 fully saturated rings. The summed E-state index contributed by atoms with van der Waals surface area (Å²) < 4.78 is 13.5. The number of halogens is 1. The number of benzene rings is 1. The topological polar surface area (TPSA) is 36.1 Å². The number of nitrogens with one attached hydrogen (secondary N) is 1. The maximum Gasteiger partial charge on any atom is 0.186 e. The van der Waals surface area contributed by atoms with Crippen molar-refractivity contribution >= 4 is 16.7 Å². The van der Waals surface area contributed by atoms with Crippen LogP contribution in [-0.4, -0.2) is 28.8 Å². The van der Waals surface area contributed by atoms with Crippen LogP contribution in [0.25, 0.3) is 10.9 Å². The third-order valence-corrected chi connectivity index (χ3v) is 4.77. The lowest BCUT2D eigenvalue weighted by Gasteiger charge is -2.36. The maximum absolute atomic E-state index is 13.5. The van der Waals surface area contributed by atoms with Crippen molar-refractivity contribution in [3.63, 3.8) is 0 Å². The number of nitrogens with zero attached hydrogens (tertiary/aromatic N) is 1. The van der Waals surface area contributed by atoms with E-state index in [1.807, 2.05) is 6.92 Å². The number of hydrogen-bond donors (Lipinski definition) is 1. The molecule has 0 spiro atoms. The number of H-pyrrole nitrogens is 1. The van der Waals surface area contributed by atoms with Gasteiger partial charge < -0.3 is 4.98 Å². The van der Waals surface area contributed by atoms with Gasteiger partial charge in [-0.1, -0.05) is 6.08 Å². The molecule has 0 amide bonds. The summed E-state index contributed by atoms with van der Waals surface area (Å²) in [6.45, 7) is 4.47. The third kappa shape index (κ3) is 1.86. The molecule has 1 aromatic heterocycles. The third-order valence-electron chi connectivity index (χ3n) is 4.77. The molecular formula is C17H17FN2O. The van der Waals surface area contributed by atoms with E-state index < -0.39 is 0 Å². The Morgan fingerprint density at radius 1 is 1.38 bits per heavy atom. The smallest absolute Gasteiger partial charge is 0.186 e. The van der Waals surface area contributed by atoms with Gasteiger partial charge in [-0.25, -0.2) is 4.39 Å². The van der Waals surface area contributed by atoms with Gasteiger partial charge >= 0.3 is 0 Å². The van der Waals surface area contributed by atoms with E-state index in [4.69, 9.17) is 0 Å². The Labute approximate surface area is 122 Å². The molecule has 2 atom stereocenters. The molecule has 1 N–H and O–H groups in total. The van der Waals surface area contributed by atoms with E-state index >= 15 is 0 Å². The number of aromatic nitrogens is 1. The van der Waals surface area contributed by atoms with Gasteiger partial charge in [0.15, 0.2) is 5.78 Å². The van der Waals surface area contributed by atoms with Gasteiger partial charge in [0.2, 0.25) is 0 Å². The number of fused-ring (bicyclic) bond motifs is 3. The molecule has 3 aliphatic heterocycles. The first-order valence-electron chi connectivity index (χ1n) is 7.39. The van der Waals surface area contributed by atoms with E-state index in [2.05, 4.69) is 16.0 Å². The predicted molar refractivity (Wildman–Crippen MR) is 79.7 cm³/mol. The first-order valence-corrected chi connectivity index (χ1v) is 7.39. The van der Waals surface area contributed by atoms with Gasteiger partial charge in [0.25, 0.3) is 0 Å².